The molecule has 3 nitrogen and oxygen atoms in total. The number of fused-ring (bicyclic) bond motifs is 1. The van der Waals surface area contributed by atoms with Crippen LogP contribution in [0.4, 0.5) is 0 Å². The molecule has 2 rings (SSSR count). The quantitative estimate of drug-likeness (QED) is 0.825. The van der Waals surface area contributed by atoms with Gasteiger partial charge < -0.3 is 10.1 Å². The van der Waals surface area contributed by atoms with Crippen LogP contribution in [0, 0.1) is 6.92 Å². The lowest BCUT2D eigenvalue weighted by Gasteiger charge is -2.06. The maximum atomic E-state index is 5.62. The van der Waals surface area contributed by atoms with Gasteiger partial charge in [-0.3, -0.25) is 0 Å². The van der Waals surface area contributed by atoms with Crippen LogP contribution in [0.3, 0.4) is 0 Å². The molecule has 3 heteroatoms. The molecule has 0 fully saturated rings. The van der Waals surface area contributed by atoms with E-state index in [0.717, 1.165) is 24.4 Å². The second-order valence-corrected chi connectivity index (χ2v) is 3.74. The van der Waals surface area contributed by atoms with E-state index in [1.807, 2.05) is 0 Å². The molecule has 2 aromatic heterocycles. The molecule has 0 unspecified atom stereocenters. The summed E-state index contributed by atoms with van der Waals surface area (Å²) in [5.41, 5.74) is 9.18. The molecular weight excluding hydrogens is 186 g/mol. The SMILES string of the molecule is CCc1nc(C)c2cccc(CCN)n12. The lowest BCUT2D eigenvalue weighted by molar-refractivity contribution is 0.843. The third-order valence-corrected chi connectivity index (χ3v) is 2.71. The zero-order valence-electron chi connectivity index (χ0n) is 9.33. The maximum Gasteiger partial charge on any atom is 0.113 e. The van der Waals surface area contributed by atoms with Crippen molar-refractivity contribution in [1.82, 2.24) is 9.38 Å². The van der Waals surface area contributed by atoms with Crippen molar-refractivity contribution in [1.29, 1.82) is 0 Å². The summed E-state index contributed by atoms with van der Waals surface area (Å²) < 4.78 is 2.24. The average Bonchev–Trinajstić information content (AvgIpc) is 2.58. The van der Waals surface area contributed by atoms with E-state index >= 15 is 0 Å². The molecule has 0 saturated heterocycles. The predicted octanol–water partition coefficient (Wildman–Crippen LogP) is 1.71. The third kappa shape index (κ3) is 1.63. The fraction of sp³-hybridized carbons (Fsp3) is 0.417. The normalized spacial score (nSPS) is 11.1. The Morgan fingerprint density at radius 2 is 2.20 bits per heavy atom. The van der Waals surface area contributed by atoms with E-state index in [1.54, 1.807) is 0 Å². The van der Waals surface area contributed by atoms with Crippen LogP contribution in [0.2, 0.25) is 0 Å². The van der Waals surface area contributed by atoms with Crippen LogP contribution in [0.1, 0.15) is 24.1 Å². The highest BCUT2D eigenvalue weighted by Gasteiger charge is 2.08. The van der Waals surface area contributed by atoms with Gasteiger partial charge in [-0.15, -0.1) is 0 Å². The fourth-order valence-electron chi connectivity index (χ4n) is 2.02. The van der Waals surface area contributed by atoms with Crippen molar-refractivity contribution in [2.75, 3.05) is 6.54 Å². The Hall–Kier alpha value is -1.35. The van der Waals surface area contributed by atoms with E-state index < -0.39 is 0 Å². The first-order chi connectivity index (χ1) is 7.27. The standard InChI is InChI=1S/C12H17N3/c1-3-12-14-9(2)11-6-4-5-10(7-8-13)15(11)12/h4-6H,3,7-8,13H2,1-2H3. The highest BCUT2D eigenvalue weighted by atomic mass is 15.0. The van der Waals surface area contributed by atoms with Crippen LogP contribution < -0.4 is 5.73 Å². The van der Waals surface area contributed by atoms with Crippen molar-refractivity contribution in [3.63, 3.8) is 0 Å². The van der Waals surface area contributed by atoms with Gasteiger partial charge in [0.15, 0.2) is 0 Å². The highest BCUT2D eigenvalue weighted by Crippen LogP contribution is 2.16. The van der Waals surface area contributed by atoms with Gasteiger partial charge in [-0.1, -0.05) is 13.0 Å². The third-order valence-electron chi connectivity index (χ3n) is 2.71. The number of aromatic nitrogens is 2. The van der Waals surface area contributed by atoms with Gasteiger partial charge in [0.25, 0.3) is 0 Å². The summed E-state index contributed by atoms with van der Waals surface area (Å²) in [5, 5.41) is 0. The van der Waals surface area contributed by atoms with E-state index in [-0.39, 0.29) is 0 Å². The van der Waals surface area contributed by atoms with E-state index in [4.69, 9.17) is 5.73 Å². The molecular formula is C12H17N3. The number of nitrogens with two attached hydrogens (primary N) is 1. The lowest BCUT2D eigenvalue weighted by atomic mass is 10.2. The van der Waals surface area contributed by atoms with Gasteiger partial charge in [0.2, 0.25) is 0 Å². The van der Waals surface area contributed by atoms with Gasteiger partial charge in [-0.25, -0.2) is 4.98 Å². The van der Waals surface area contributed by atoms with Crippen molar-refractivity contribution in [3.8, 4) is 0 Å². The molecule has 2 heterocycles. The molecule has 0 aromatic carbocycles. The van der Waals surface area contributed by atoms with Crippen LogP contribution in [0.5, 0.6) is 0 Å². The monoisotopic (exact) mass is 203 g/mol. The van der Waals surface area contributed by atoms with E-state index in [1.165, 1.54) is 11.2 Å². The summed E-state index contributed by atoms with van der Waals surface area (Å²) in [6.45, 7) is 4.87. The summed E-state index contributed by atoms with van der Waals surface area (Å²) in [7, 11) is 0. The fourth-order valence-corrected chi connectivity index (χ4v) is 2.02. The van der Waals surface area contributed by atoms with E-state index in [0.29, 0.717) is 6.54 Å². The molecule has 0 aliphatic heterocycles. The molecule has 80 valence electrons. The maximum absolute atomic E-state index is 5.62. The zero-order valence-corrected chi connectivity index (χ0v) is 9.33. The first kappa shape index (κ1) is 10.2. The summed E-state index contributed by atoms with van der Waals surface area (Å²) in [6.07, 6.45) is 1.86. The van der Waals surface area contributed by atoms with E-state index in [9.17, 15) is 0 Å². The Morgan fingerprint density at radius 3 is 2.87 bits per heavy atom. The Morgan fingerprint density at radius 1 is 1.40 bits per heavy atom. The molecule has 2 aromatic rings. The average molecular weight is 203 g/mol. The van der Waals surface area contributed by atoms with Gasteiger partial charge >= 0.3 is 0 Å². The number of rotatable bonds is 3. The smallest absolute Gasteiger partial charge is 0.113 e. The van der Waals surface area contributed by atoms with Gasteiger partial charge in [0.1, 0.15) is 5.82 Å². The summed E-state index contributed by atoms with van der Waals surface area (Å²) in [6, 6.07) is 6.32. The second kappa shape index (κ2) is 4.03. The zero-order chi connectivity index (χ0) is 10.8. The first-order valence-electron chi connectivity index (χ1n) is 5.43. The second-order valence-electron chi connectivity index (χ2n) is 3.74. The molecule has 0 spiro atoms. The molecule has 0 bridgehead atoms. The molecule has 0 amide bonds. The number of hydrogen-bond donors (Lipinski definition) is 1. The van der Waals surface area contributed by atoms with Crippen molar-refractivity contribution < 1.29 is 0 Å². The predicted molar refractivity (Wildman–Crippen MR) is 62.1 cm³/mol. The summed E-state index contributed by atoms with van der Waals surface area (Å²) in [5.74, 6) is 1.13. The van der Waals surface area contributed by atoms with Crippen molar-refractivity contribution in [2.24, 2.45) is 5.73 Å². The molecule has 2 N–H and O–H groups in total. The number of nitrogens with zero attached hydrogens (tertiary/aromatic N) is 2. The van der Waals surface area contributed by atoms with Crippen LogP contribution in [0.15, 0.2) is 18.2 Å². The van der Waals surface area contributed by atoms with Crippen molar-refractivity contribution >= 4 is 5.52 Å². The van der Waals surface area contributed by atoms with Crippen LogP contribution in [0.25, 0.3) is 5.52 Å². The molecule has 0 aliphatic rings. The number of pyridine rings is 1. The Kier molecular flexibility index (Phi) is 2.73. The first-order valence-corrected chi connectivity index (χ1v) is 5.43. The van der Waals surface area contributed by atoms with Gasteiger partial charge in [0.05, 0.1) is 11.2 Å². The lowest BCUT2D eigenvalue weighted by Crippen LogP contribution is -2.08. The summed E-state index contributed by atoms with van der Waals surface area (Å²) in [4.78, 5) is 4.57. The Bertz CT molecular complexity index is 471. The molecule has 15 heavy (non-hydrogen) atoms. The molecule has 0 atom stereocenters. The number of hydrogen-bond acceptors (Lipinski definition) is 2. The molecule has 0 saturated carbocycles. The minimum atomic E-state index is 0.680. The van der Waals surface area contributed by atoms with Crippen LogP contribution in [-0.2, 0) is 12.8 Å². The largest absolute Gasteiger partial charge is 0.330 e. The minimum Gasteiger partial charge on any atom is -0.330 e. The Labute approximate surface area is 89.9 Å². The van der Waals surface area contributed by atoms with Crippen molar-refractivity contribution in [2.45, 2.75) is 26.7 Å². The van der Waals surface area contributed by atoms with Crippen molar-refractivity contribution in [3.05, 3.63) is 35.4 Å². The van der Waals surface area contributed by atoms with Gasteiger partial charge in [0, 0.05) is 18.5 Å². The topological polar surface area (TPSA) is 43.3 Å². The summed E-state index contributed by atoms with van der Waals surface area (Å²) >= 11 is 0. The van der Waals surface area contributed by atoms with Crippen LogP contribution in [-0.4, -0.2) is 15.9 Å². The molecule has 0 aliphatic carbocycles. The minimum absolute atomic E-state index is 0.680. The van der Waals surface area contributed by atoms with E-state index in [2.05, 4.69) is 41.4 Å². The number of imidazole rings is 1. The highest BCUT2D eigenvalue weighted by molar-refractivity contribution is 5.53. The van der Waals surface area contributed by atoms with Gasteiger partial charge in [-0.2, -0.15) is 0 Å². The van der Waals surface area contributed by atoms with Gasteiger partial charge in [-0.05, 0) is 25.6 Å². The van der Waals surface area contributed by atoms with Crippen LogP contribution >= 0.6 is 0 Å². The Balaban J connectivity index is 2.70. The molecule has 0 radical (unpaired) electrons. The number of aryl methyl sites for hydroxylation is 2.